The number of pyridine rings is 1. The van der Waals surface area contributed by atoms with E-state index in [1.54, 1.807) is 11.8 Å². The highest BCUT2D eigenvalue weighted by Crippen LogP contribution is 2.31. The Morgan fingerprint density at radius 3 is 2.81 bits per heavy atom. The molecule has 1 N–H and O–H groups in total. The summed E-state index contributed by atoms with van der Waals surface area (Å²) in [5.41, 5.74) is 1.98. The van der Waals surface area contributed by atoms with Crippen LogP contribution in [0.2, 0.25) is 0 Å². The zero-order valence-electron chi connectivity index (χ0n) is 15.1. The van der Waals surface area contributed by atoms with Gasteiger partial charge in [0.15, 0.2) is 5.65 Å². The molecule has 0 spiro atoms. The third-order valence-electron chi connectivity index (χ3n) is 3.83. The number of hydrogen-bond donors (Lipinski definition) is 1. The smallest absolute Gasteiger partial charge is 0.217 e. The molecule has 0 saturated carbocycles. The fraction of sp³-hybridized carbons (Fsp3) is 0.250. The summed E-state index contributed by atoms with van der Waals surface area (Å²) in [7, 11) is 0. The Balaban J connectivity index is 1.83. The Morgan fingerprint density at radius 1 is 1.23 bits per heavy atom. The maximum Gasteiger partial charge on any atom is 0.217 e. The van der Waals surface area contributed by atoms with Crippen LogP contribution in [0.3, 0.4) is 0 Å². The van der Waals surface area contributed by atoms with Gasteiger partial charge in [0, 0.05) is 35.4 Å². The summed E-state index contributed by atoms with van der Waals surface area (Å²) in [5, 5.41) is 11.3. The van der Waals surface area contributed by atoms with Crippen molar-refractivity contribution in [3.8, 4) is 0 Å². The second-order valence-corrected chi connectivity index (χ2v) is 7.40. The number of nitrogens with zero attached hydrogens (tertiary/aromatic N) is 3. The molecule has 2 heterocycles. The number of benzene rings is 1. The summed E-state index contributed by atoms with van der Waals surface area (Å²) in [4.78, 5) is 13.2. The van der Waals surface area contributed by atoms with E-state index in [1.807, 2.05) is 30.4 Å². The van der Waals surface area contributed by atoms with E-state index in [-0.39, 0.29) is 5.91 Å². The highest BCUT2D eigenvalue weighted by Gasteiger charge is 2.10. The number of carbonyl (C=O) groups excluding carboxylic acids is 1. The Bertz CT molecular complexity index is 946. The summed E-state index contributed by atoms with van der Waals surface area (Å²) >= 11 is 1.70. The van der Waals surface area contributed by atoms with Gasteiger partial charge in [-0.05, 0) is 23.8 Å². The topological polar surface area (TPSA) is 59.3 Å². The van der Waals surface area contributed by atoms with Crippen LogP contribution in [0.15, 0.2) is 58.5 Å². The minimum Gasteiger partial charge on any atom is -0.353 e. The maximum atomic E-state index is 11.0. The fourth-order valence-corrected chi connectivity index (χ4v) is 3.52. The molecule has 3 rings (SSSR count). The molecule has 5 nitrogen and oxygen atoms in total. The second-order valence-electron chi connectivity index (χ2n) is 6.29. The first-order valence-corrected chi connectivity index (χ1v) is 9.39. The molecule has 0 atom stereocenters. The first kappa shape index (κ1) is 18.2. The number of fused-ring (bicyclic) bond motifs is 1. The first-order chi connectivity index (χ1) is 12.5. The minimum atomic E-state index is -0.0273. The van der Waals surface area contributed by atoms with Gasteiger partial charge in [-0.1, -0.05) is 56.0 Å². The van der Waals surface area contributed by atoms with Crippen molar-refractivity contribution in [3.05, 3.63) is 60.1 Å². The molecule has 0 radical (unpaired) electrons. The van der Waals surface area contributed by atoms with Gasteiger partial charge in [0.05, 0.1) is 0 Å². The SMILES string of the molecule is CC(=O)NC/C=C/c1ccccc1Sc1ccc2nnc(C(C)C)n2c1. The molecular formula is C20H22N4OS. The highest BCUT2D eigenvalue weighted by atomic mass is 32.2. The molecule has 0 fully saturated rings. The van der Waals surface area contributed by atoms with Gasteiger partial charge in [0.2, 0.25) is 5.91 Å². The molecule has 134 valence electrons. The van der Waals surface area contributed by atoms with Crippen LogP contribution in [-0.4, -0.2) is 27.0 Å². The Kier molecular flexibility index (Phi) is 5.73. The lowest BCUT2D eigenvalue weighted by Gasteiger charge is -2.08. The molecule has 1 amide bonds. The van der Waals surface area contributed by atoms with Crippen LogP contribution in [0, 0.1) is 0 Å². The number of nitrogens with one attached hydrogen (secondary N) is 1. The lowest BCUT2D eigenvalue weighted by molar-refractivity contribution is -0.118. The van der Waals surface area contributed by atoms with Crippen LogP contribution >= 0.6 is 11.8 Å². The molecular weight excluding hydrogens is 344 g/mol. The van der Waals surface area contributed by atoms with Gasteiger partial charge in [-0.15, -0.1) is 10.2 Å². The zero-order chi connectivity index (χ0) is 18.5. The molecule has 3 aromatic rings. The molecule has 1 aromatic carbocycles. The summed E-state index contributed by atoms with van der Waals surface area (Å²) in [6, 6.07) is 12.3. The Labute approximate surface area is 157 Å². The van der Waals surface area contributed by atoms with E-state index in [9.17, 15) is 4.79 Å². The predicted octanol–water partition coefficient (Wildman–Crippen LogP) is 4.15. The maximum absolute atomic E-state index is 11.0. The average molecular weight is 366 g/mol. The van der Waals surface area contributed by atoms with E-state index in [0.29, 0.717) is 12.5 Å². The Morgan fingerprint density at radius 2 is 2.04 bits per heavy atom. The van der Waals surface area contributed by atoms with Crippen LogP contribution < -0.4 is 5.32 Å². The molecule has 6 heteroatoms. The molecule has 0 unspecified atom stereocenters. The van der Waals surface area contributed by atoms with Crippen molar-refractivity contribution < 1.29 is 4.79 Å². The number of hydrogen-bond acceptors (Lipinski definition) is 4. The normalized spacial score (nSPS) is 11.5. The van der Waals surface area contributed by atoms with Crippen molar-refractivity contribution in [2.75, 3.05) is 6.54 Å². The summed E-state index contributed by atoms with van der Waals surface area (Å²) in [6.45, 7) is 6.28. The van der Waals surface area contributed by atoms with Gasteiger partial charge >= 0.3 is 0 Å². The number of aromatic nitrogens is 3. The van der Waals surface area contributed by atoms with E-state index in [0.717, 1.165) is 26.8 Å². The molecule has 0 aliphatic heterocycles. The Hall–Kier alpha value is -2.60. The van der Waals surface area contributed by atoms with E-state index < -0.39 is 0 Å². The lowest BCUT2D eigenvalue weighted by Crippen LogP contribution is -2.19. The van der Waals surface area contributed by atoms with Crippen molar-refractivity contribution in [2.45, 2.75) is 36.5 Å². The summed E-state index contributed by atoms with van der Waals surface area (Å²) < 4.78 is 2.06. The quantitative estimate of drug-likeness (QED) is 0.712. The third-order valence-corrected chi connectivity index (χ3v) is 4.90. The van der Waals surface area contributed by atoms with Gasteiger partial charge in [-0.2, -0.15) is 0 Å². The van der Waals surface area contributed by atoms with E-state index in [2.05, 4.69) is 58.2 Å². The molecule has 0 bridgehead atoms. The van der Waals surface area contributed by atoms with Crippen LogP contribution in [0.1, 0.15) is 38.1 Å². The van der Waals surface area contributed by atoms with Crippen molar-refractivity contribution in [2.24, 2.45) is 0 Å². The average Bonchev–Trinajstić information content (AvgIpc) is 3.03. The van der Waals surface area contributed by atoms with Crippen molar-refractivity contribution in [1.82, 2.24) is 19.9 Å². The number of carbonyl (C=O) groups is 1. The van der Waals surface area contributed by atoms with Gasteiger partial charge in [0.1, 0.15) is 5.82 Å². The monoisotopic (exact) mass is 366 g/mol. The number of rotatable bonds is 6. The minimum absolute atomic E-state index is 0.0273. The lowest BCUT2D eigenvalue weighted by atomic mass is 10.2. The first-order valence-electron chi connectivity index (χ1n) is 8.57. The van der Waals surface area contributed by atoms with Crippen molar-refractivity contribution in [3.63, 3.8) is 0 Å². The molecule has 0 aliphatic carbocycles. The second kappa shape index (κ2) is 8.19. The van der Waals surface area contributed by atoms with Crippen molar-refractivity contribution in [1.29, 1.82) is 0 Å². The fourth-order valence-electron chi connectivity index (χ4n) is 2.57. The van der Waals surface area contributed by atoms with E-state index >= 15 is 0 Å². The van der Waals surface area contributed by atoms with Crippen LogP contribution in [-0.2, 0) is 4.79 Å². The molecule has 2 aromatic heterocycles. The summed E-state index contributed by atoms with van der Waals surface area (Å²) in [5.74, 6) is 1.25. The van der Waals surface area contributed by atoms with Crippen molar-refractivity contribution >= 4 is 29.4 Å². The van der Waals surface area contributed by atoms with Gasteiger partial charge < -0.3 is 5.32 Å². The molecule has 26 heavy (non-hydrogen) atoms. The van der Waals surface area contributed by atoms with Crippen LogP contribution in [0.4, 0.5) is 0 Å². The van der Waals surface area contributed by atoms with Gasteiger partial charge in [-0.3, -0.25) is 9.20 Å². The zero-order valence-corrected chi connectivity index (χ0v) is 16.0. The largest absolute Gasteiger partial charge is 0.353 e. The standard InChI is InChI=1S/C20H22N4OS/c1-14(2)20-23-22-19-11-10-17(13-24(19)20)26-18-9-5-4-7-16(18)8-6-12-21-15(3)25/h4-11,13-14H,12H2,1-3H3,(H,21,25)/b8-6+. The van der Waals surface area contributed by atoms with Crippen LogP contribution in [0.25, 0.3) is 11.7 Å². The van der Waals surface area contributed by atoms with Gasteiger partial charge in [0.25, 0.3) is 0 Å². The van der Waals surface area contributed by atoms with Crippen LogP contribution in [0.5, 0.6) is 0 Å². The number of amides is 1. The highest BCUT2D eigenvalue weighted by molar-refractivity contribution is 7.99. The molecule has 0 aliphatic rings. The predicted molar refractivity (Wildman–Crippen MR) is 105 cm³/mol. The molecule has 0 saturated heterocycles. The van der Waals surface area contributed by atoms with E-state index in [1.165, 1.54) is 6.92 Å². The third kappa shape index (κ3) is 4.32. The van der Waals surface area contributed by atoms with Gasteiger partial charge in [-0.25, -0.2) is 0 Å². The van der Waals surface area contributed by atoms with E-state index in [4.69, 9.17) is 0 Å². The summed E-state index contributed by atoms with van der Waals surface area (Å²) in [6.07, 6.45) is 6.09.